The number of nitrogens with one attached hydrogen (secondary N) is 1. The second kappa shape index (κ2) is 7.01. The fraction of sp³-hybridized carbons (Fsp3) is 0.188. The van der Waals surface area contributed by atoms with E-state index in [0.717, 1.165) is 11.3 Å². The largest absolute Gasteiger partial charge is 0.506 e. The Labute approximate surface area is 123 Å². The predicted molar refractivity (Wildman–Crippen MR) is 84.1 cm³/mol. The minimum atomic E-state index is -0.106. The smallest absolute Gasteiger partial charge is 0.234 e. The van der Waals surface area contributed by atoms with E-state index < -0.39 is 0 Å². The average molecular weight is 287 g/mol. The maximum Gasteiger partial charge on any atom is 0.234 e. The molecule has 0 aliphatic heterocycles. The highest BCUT2D eigenvalue weighted by Crippen LogP contribution is 2.24. The van der Waals surface area contributed by atoms with Crippen LogP contribution in [0.25, 0.3) is 0 Å². The van der Waals surface area contributed by atoms with Crippen LogP contribution in [0.15, 0.2) is 48.5 Å². The van der Waals surface area contributed by atoms with Gasteiger partial charge in [-0.15, -0.1) is 11.8 Å². The maximum atomic E-state index is 11.8. The maximum absolute atomic E-state index is 11.8. The van der Waals surface area contributed by atoms with E-state index in [1.807, 2.05) is 43.3 Å². The number of phenolic OH excluding ortho intramolecular Hbond substituents is 1. The Balaban J connectivity index is 1.81. The van der Waals surface area contributed by atoms with E-state index in [-0.39, 0.29) is 11.7 Å². The predicted octanol–water partition coefficient (Wildman–Crippen LogP) is 3.57. The van der Waals surface area contributed by atoms with Crippen molar-refractivity contribution in [2.24, 2.45) is 0 Å². The summed E-state index contributed by atoms with van der Waals surface area (Å²) in [5.74, 6) is 1.16. The van der Waals surface area contributed by atoms with Gasteiger partial charge in [0.15, 0.2) is 0 Å². The summed E-state index contributed by atoms with van der Waals surface area (Å²) >= 11 is 1.55. The van der Waals surface area contributed by atoms with E-state index >= 15 is 0 Å². The summed E-state index contributed by atoms with van der Waals surface area (Å²) in [5.41, 5.74) is 2.61. The first-order valence-corrected chi connectivity index (χ1v) is 7.52. The van der Waals surface area contributed by atoms with Gasteiger partial charge in [0.05, 0.1) is 11.4 Å². The number of aromatic hydroxyl groups is 1. The molecule has 0 aliphatic rings. The molecule has 2 N–H and O–H groups in total. The molecular weight excluding hydrogens is 270 g/mol. The number of amides is 1. The van der Waals surface area contributed by atoms with Gasteiger partial charge in [0.25, 0.3) is 0 Å². The number of thioether (sulfide) groups is 1. The second-order valence-electron chi connectivity index (χ2n) is 4.55. The van der Waals surface area contributed by atoms with Gasteiger partial charge in [-0.3, -0.25) is 4.79 Å². The Bertz CT molecular complexity index is 584. The number of rotatable bonds is 5. The summed E-state index contributed by atoms with van der Waals surface area (Å²) in [5, 5.41) is 12.4. The van der Waals surface area contributed by atoms with Crippen molar-refractivity contribution in [3.63, 3.8) is 0 Å². The van der Waals surface area contributed by atoms with Crippen molar-refractivity contribution in [1.82, 2.24) is 0 Å². The molecule has 0 fully saturated rings. The van der Waals surface area contributed by atoms with Crippen LogP contribution < -0.4 is 5.32 Å². The average Bonchev–Trinajstić information content (AvgIpc) is 2.43. The molecule has 0 spiro atoms. The van der Waals surface area contributed by atoms with Crippen LogP contribution in [0.1, 0.15) is 11.1 Å². The van der Waals surface area contributed by atoms with Crippen molar-refractivity contribution in [2.75, 3.05) is 11.1 Å². The van der Waals surface area contributed by atoms with E-state index in [1.165, 1.54) is 5.56 Å². The lowest BCUT2D eigenvalue weighted by atomic mass is 10.2. The van der Waals surface area contributed by atoms with Gasteiger partial charge < -0.3 is 10.4 Å². The SMILES string of the molecule is Cc1ccc(NC(=O)CSCc2ccccc2)c(O)c1. The van der Waals surface area contributed by atoms with Crippen molar-refractivity contribution in [1.29, 1.82) is 0 Å². The normalized spacial score (nSPS) is 10.2. The first-order chi connectivity index (χ1) is 9.65. The number of benzene rings is 2. The lowest BCUT2D eigenvalue weighted by Crippen LogP contribution is -2.14. The molecule has 4 heteroatoms. The van der Waals surface area contributed by atoms with Crippen molar-refractivity contribution in [2.45, 2.75) is 12.7 Å². The number of anilines is 1. The Morgan fingerprint density at radius 3 is 2.65 bits per heavy atom. The number of carbonyl (C=O) groups is 1. The van der Waals surface area contributed by atoms with Gasteiger partial charge in [0, 0.05) is 5.75 Å². The van der Waals surface area contributed by atoms with Crippen LogP contribution in [0.3, 0.4) is 0 Å². The number of hydrogen-bond donors (Lipinski definition) is 2. The van der Waals surface area contributed by atoms with Gasteiger partial charge in [-0.1, -0.05) is 36.4 Å². The summed E-state index contributed by atoms with van der Waals surface area (Å²) in [6, 6.07) is 15.2. The van der Waals surface area contributed by atoms with Gasteiger partial charge in [-0.05, 0) is 30.2 Å². The van der Waals surface area contributed by atoms with E-state index in [4.69, 9.17) is 0 Å². The Hall–Kier alpha value is -1.94. The molecule has 2 aromatic carbocycles. The molecule has 0 bridgehead atoms. The molecule has 2 rings (SSSR count). The zero-order valence-corrected chi connectivity index (χ0v) is 12.1. The third-order valence-corrected chi connectivity index (χ3v) is 3.78. The number of aryl methyl sites for hydroxylation is 1. The van der Waals surface area contributed by atoms with E-state index in [9.17, 15) is 9.90 Å². The zero-order valence-electron chi connectivity index (χ0n) is 11.3. The highest BCUT2D eigenvalue weighted by Gasteiger charge is 2.06. The lowest BCUT2D eigenvalue weighted by molar-refractivity contribution is -0.113. The fourth-order valence-electron chi connectivity index (χ4n) is 1.77. The Morgan fingerprint density at radius 2 is 1.95 bits per heavy atom. The number of carbonyl (C=O) groups excluding carboxylic acids is 1. The molecular formula is C16H17NO2S. The van der Waals surface area contributed by atoms with Crippen LogP contribution in [0.5, 0.6) is 5.75 Å². The fourth-order valence-corrected chi connectivity index (χ4v) is 2.56. The third-order valence-electron chi connectivity index (χ3n) is 2.77. The van der Waals surface area contributed by atoms with Crippen molar-refractivity contribution in [3.8, 4) is 5.75 Å². The van der Waals surface area contributed by atoms with Crippen LogP contribution in [0.2, 0.25) is 0 Å². The molecule has 1 amide bonds. The standard InChI is InChI=1S/C16H17NO2S/c1-12-7-8-14(15(18)9-12)17-16(19)11-20-10-13-5-3-2-4-6-13/h2-9,18H,10-11H2,1H3,(H,17,19). The van der Waals surface area contributed by atoms with Crippen molar-refractivity contribution in [3.05, 3.63) is 59.7 Å². The minimum Gasteiger partial charge on any atom is -0.506 e. The van der Waals surface area contributed by atoms with E-state index in [1.54, 1.807) is 23.9 Å². The van der Waals surface area contributed by atoms with Crippen LogP contribution in [0, 0.1) is 6.92 Å². The zero-order chi connectivity index (χ0) is 14.4. The van der Waals surface area contributed by atoms with Crippen molar-refractivity contribution < 1.29 is 9.90 Å². The first-order valence-electron chi connectivity index (χ1n) is 6.36. The molecule has 0 heterocycles. The molecule has 0 saturated carbocycles. The van der Waals surface area contributed by atoms with E-state index in [2.05, 4.69) is 5.32 Å². The summed E-state index contributed by atoms with van der Waals surface area (Å²) < 4.78 is 0. The Kier molecular flexibility index (Phi) is 5.07. The quantitative estimate of drug-likeness (QED) is 0.826. The van der Waals surface area contributed by atoms with Crippen molar-refractivity contribution >= 4 is 23.4 Å². The molecule has 2 aromatic rings. The van der Waals surface area contributed by atoms with Crippen LogP contribution >= 0.6 is 11.8 Å². The number of phenols is 1. The highest BCUT2D eigenvalue weighted by atomic mass is 32.2. The minimum absolute atomic E-state index is 0.103. The lowest BCUT2D eigenvalue weighted by Gasteiger charge is -2.08. The van der Waals surface area contributed by atoms with Crippen LogP contribution in [-0.4, -0.2) is 16.8 Å². The molecule has 0 atom stereocenters. The molecule has 0 aromatic heterocycles. The Morgan fingerprint density at radius 1 is 1.20 bits per heavy atom. The molecule has 0 aliphatic carbocycles. The van der Waals surface area contributed by atoms with Crippen LogP contribution in [-0.2, 0) is 10.5 Å². The molecule has 0 radical (unpaired) electrons. The third kappa shape index (κ3) is 4.31. The highest BCUT2D eigenvalue weighted by molar-refractivity contribution is 7.99. The molecule has 104 valence electrons. The monoisotopic (exact) mass is 287 g/mol. The molecule has 0 saturated heterocycles. The summed E-state index contributed by atoms with van der Waals surface area (Å²) in [6.07, 6.45) is 0. The number of hydrogen-bond acceptors (Lipinski definition) is 3. The molecule has 0 unspecified atom stereocenters. The van der Waals surface area contributed by atoms with Gasteiger partial charge in [0.1, 0.15) is 5.75 Å². The molecule has 20 heavy (non-hydrogen) atoms. The summed E-state index contributed by atoms with van der Waals surface area (Å²) in [6.45, 7) is 1.89. The topological polar surface area (TPSA) is 49.3 Å². The van der Waals surface area contributed by atoms with E-state index in [0.29, 0.717) is 11.4 Å². The van der Waals surface area contributed by atoms with Gasteiger partial charge in [-0.25, -0.2) is 0 Å². The molecule has 3 nitrogen and oxygen atoms in total. The van der Waals surface area contributed by atoms with Gasteiger partial charge in [0.2, 0.25) is 5.91 Å². The van der Waals surface area contributed by atoms with Crippen LogP contribution in [0.4, 0.5) is 5.69 Å². The summed E-state index contributed by atoms with van der Waals surface area (Å²) in [7, 11) is 0. The van der Waals surface area contributed by atoms with Gasteiger partial charge in [-0.2, -0.15) is 0 Å². The van der Waals surface area contributed by atoms with Gasteiger partial charge >= 0.3 is 0 Å². The first kappa shape index (κ1) is 14.5. The summed E-state index contributed by atoms with van der Waals surface area (Å²) in [4.78, 5) is 11.8. The second-order valence-corrected chi connectivity index (χ2v) is 5.53.